The van der Waals surface area contributed by atoms with E-state index in [0.717, 1.165) is 5.75 Å². The van der Waals surface area contributed by atoms with Crippen LogP contribution in [0.2, 0.25) is 0 Å². The zero-order chi connectivity index (χ0) is 12.0. The summed E-state index contributed by atoms with van der Waals surface area (Å²) >= 11 is 0. The number of methoxy groups -OCH3 is 1. The standard InChI is InChI=1S/C11H17OP.C2H6/c1-7(2)9-5-8(3)10(12-4)6-11(9)13;1-2/h5-7H,13H2,1-4H3;1-2H3. The van der Waals surface area contributed by atoms with Gasteiger partial charge in [0.1, 0.15) is 5.75 Å². The molecule has 2 heteroatoms. The molecule has 0 saturated heterocycles. The Morgan fingerprint density at radius 1 is 1.20 bits per heavy atom. The first kappa shape index (κ1) is 14.5. The van der Waals surface area contributed by atoms with E-state index in [4.69, 9.17) is 4.74 Å². The molecule has 86 valence electrons. The number of benzene rings is 1. The fourth-order valence-electron chi connectivity index (χ4n) is 1.45. The minimum absolute atomic E-state index is 0.567. The maximum atomic E-state index is 5.25. The summed E-state index contributed by atoms with van der Waals surface area (Å²) in [7, 11) is 4.47. The SMILES string of the molecule is CC.COc1cc(P)c(C(C)C)cc1C. The van der Waals surface area contributed by atoms with E-state index in [0.29, 0.717) is 5.92 Å². The quantitative estimate of drug-likeness (QED) is 0.699. The summed E-state index contributed by atoms with van der Waals surface area (Å²) in [4.78, 5) is 0. The van der Waals surface area contributed by atoms with Gasteiger partial charge in [0, 0.05) is 0 Å². The third-order valence-corrected chi connectivity index (χ3v) is 2.72. The maximum Gasteiger partial charge on any atom is 0.122 e. The molecule has 0 aliphatic carbocycles. The van der Waals surface area contributed by atoms with Crippen molar-refractivity contribution in [3.05, 3.63) is 23.3 Å². The van der Waals surface area contributed by atoms with E-state index in [-0.39, 0.29) is 0 Å². The number of ether oxygens (including phenoxy) is 1. The van der Waals surface area contributed by atoms with Crippen LogP contribution in [0.3, 0.4) is 0 Å². The Morgan fingerprint density at radius 2 is 1.73 bits per heavy atom. The lowest BCUT2D eigenvalue weighted by Crippen LogP contribution is -2.05. The zero-order valence-corrected chi connectivity index (χ0v) is 11.9. The van der Waals surface area contributed by atoms with Gasteiger partial charge >= 0.3 is 0 Å². The first-order valence-electron chi connectivity index (χ1n) is 5.50. The van der Waals surface area contributed by atoms with Crippen LogP contribution >= 0.6 is 9.24 Å². The minimum Gasteiger partial charge on any atom is -0.496 e. The maximum absolute atomic E-state index is 5.25. The number of rotatable bonds is 2. The van der Waals surface area contributed by atoms with Gasteiger partial charge in [-0.2, -0.15) is 0 Å². The molecule has 0 aromatic heterocycles. The van der Waals surface area contributed by atoms with Gasteiger partial charge in [-0.1, -0.05) is 33.8 Å². The zero-order valence-electron chi connectivity index (χ0n) is 10.7. The second-order valence-electron chi connectivity index (χ2n) is 3.61. The molecule has 0 aliphatic heterocycles. The molecule has 0 radical (unpaired) electrons. The summed E-state index contributed by atoms with van der Waals surface area (Å²) in [5, 5.41) is 1.23. The van der Waals surface area contributed by atoms with E-state index in [9.17, 15) is 0 Å². The molecule has 0 fully saturated rings. The van der Waals surface area contributed by atoms with Gasteiger partial charge in [0.15, 0.2) is 0 Å². The fraction of sp³-hybridized carbons (Fsp3) is 0.538. The van der Waals surface area contributed by atoms with Crippen molar-refractivity contribution in [3.63, 3.8) is 0 Å². The van der Waals surface area contributed by atoms with Gasteiger partial charge in [0.2, 0.25) is 0 Å². The summed E-state index contributed by atoms with van der Waals surface area (Å²) in [6.07, 6.45) is 0. The van der Waals surface area contributed by atoms with Crippen molar-refractivity contribution >= 4 is 14.5 Å². The molecule has 0 amide bonds. The predicted octanol–water partition coefficient (Wildman–Crippen LogP) is 3.65. The molecule has 0 saturated carbocycles. The Bertz CT molecular complexity index is 306. The van der Waals surface area contributed by atoms with Gasteiger partial charge < -0.3 is 4.74 Å². The average Bonchev–Trinajstić information content (AvgIpc) is 2.23. The summed E-state index contributed by atoms with van der Waals surface area (Å²) in [5.41, 5.74) is 2.58. The Kier molecular flexibility index (Phi) is 6.60. The van der Waals surface area contributed by atoms with Crippen molar-refractivity contribution in [2.24, 2.45) is 0 Å². The van der Waals surface area contributed by atoms with Crippen LogP contribution in [0.25, 0.3) is 0 Å². The molecule has 1 rings (SSSR count). The highest BCUT2D eigenvalue weighted by molar-refractivity contribution is 7.27. The number of hydrogen-bond donors (Lipinski definition) is 0. The first-order chi connectivity index (χ1) is 7.06. The fourth-order valence-corrected chi connectivity index (χ4v) is 2.01. The Hall–Kier alpha value is -0.550. The lowest BCUT2D eigenvalue weighted by molar-refractivity contribution is 0.412. The van der Waals surface area contributed by atoms with E-state index in [1.54, 1.807) is 7.11 Å². The molecular formula is C13H23OP. The molecule has 1 aromatic carbocycles. The van der Waals surface area contributed by atoms with Gasteiger partial charge in [-0.25, -0.2) is 0 Å². The second kappa shape index (κ2) is 6.85. The lowest BCUT2D eigenvalue weighted by atomic mass is 10.0. The van der Waals surface area contributed by atoms with Crippen molar-refractivity contribution in [1.29, 1.82) is 0 Å². The van der Waals surface area contributed by atoms with Crippen molar-refractivity contribution in [2.45, 2.75) is 40.5 Å². The predicted molar refractivity (Wildman–Crippen MR) is 72.5 cm³/mol. The smallest absolute Gasteiger partial charge is 0.122 e. The molecular weight excluding hydrogens is 203 g/mol. The highest BCUT2D eigenvalue weighted by Crippen LogP contribution is 2.23. The van der Waals surface area contributed by atoms with Crippen LogP contribution in [-0.2, 0) is 0 Å². The molecule has 0 spiro atoms. The second-order valence-corrected chi connectivity index (χ2v) is 4.23. The minimum atomic E-state index is 0.567. The highest BCUT2D eigenvalue weighted by Gasteiger charge is 2.07. The number of aryl methyl sites for hydroxylation is 1. The third-order valence-electron chi connectivity index (χ3n) is 2.22. The normalized spacial score (nSPS) is 9.60. The van der Waals surface area contributed by atoms with Crippen LogP contribution in [0.5, 0.6) is 5.75 Å². The van der Waals surface area contributed by atoms with E-state index in [1.807, 2.05) is 13.8 Å². The van der Waals surface area contributed by atoms with Gasteiger partial charge in [-0.3, -0.25) is 0 Å². The molecule has 15 heavy (non-hydrogen) atoms. The third kappa shape index (κ3) is 3.83. The van der Waals surface area contributed by atoms with Crippen molar-refractivity contribution in [3.8, 4) is 5.75 Å². The molecule has 0 bridgehead atoms. The van der Waals surface area contributed by atoms with Gasteiger partial charge in [0.05, 0.1) is 7.11 Å². The van der Waals surface area contributed by atoms with E-state index in [2.05, 4.69) is 42.1 Å². The topological polar surface area (TPSA) is 9.23 Å². The average molecular weight is 226 g/mol. The Labute approximate surface area is 96.4 Å². The summed E-state index contributed by atoms with van der Waals surface area (Å²) in [6, 6.07) is 4.28. The lowest BCUT2D eigenvalue weighted by Gasteiger charge is -2.13. The van der Waals surface area contributed by atoms with Crippen molar-refractivity contribution in [1.82, 2.24) is 0 Å². The molecule has 1 atom stereocenters. The van der Waals surface area contributed by atoms with Crippen LogP contribution in [0.1, 0.15) is 44.7 Å². The highest BCUT2D eigenvalue weighted by atomic mass is 31.0. The Morgan fingerprint density at radius 3 is 2.13 bits per heavy atom. The van der Waals surface area contributed by atoms with E-state index in [1.165, 1.54) is 16.4 Å². The van der Waals surface area contributed by atoms with Crippen LogP contribution in [0.15, 0.2) is 12.1 Å². The molecule has 0 heterocycles. The molecule has 0 aliphatic rings. The monoisotopic (exact) mass is 226 g/mol. The van der Waals surface area contributed by atoms with E-state index >= 15 is 0 Å². The van der Waals surface area contributed by atoms with Gasteiger partial charge in [0.25, 0.3) is 0 Å². The van der Waals surface area contributed by atoms with Gasteiger partial charge in [-0.05, 0) is 35.3 Å². The van der Waals surface area contributed by atoms with Crippen LogP contribution in [0.4, 0.5) is 0 Å². The molecule has 1 aromatic rings. The molecule has 1 nitrogen and oxygen atoms in total. The van der Waals surface area contributed by atoms with Crippen LogP contribution in [0, 0.1) is 6.92 Å². The summed E-state index contributed by atoms with van der Waals surface area (Å²) in [6.45, 7) is 10.5. The first-order valence-corrected chi connectivity index (χ1v) is 6.08. The Balaban J connectivity index is 0.000000921. The molecule has 0 N–H and O–H groups in total. The van der Waals surface area contributed by atoms with Crippen molar-refractivity contribution in [2.75, 3.05) is 7.11 Å². The van der Waals surface area contributed by atoms with Crippen molar-refractivity contribution < 1.29 is 4.74 Å². The van der Waals surface area contributed by atoms with Crippen LogP contribution in [-0.4, -0.2) is 7.11 Å². The largest absolute Gasteiger partial charge is 0.496 e. The summed E-state index contributed by atoms with van der Waals surface area (Å²) < 4.78 is 5.25. The molecule has 1 unspecified atom stereocenters. The summed E-state index contributed by atoms with van der Waals surface area (Å²) in [5.74, 6) is 1.53. The van der Waals surface area contributed by atoms with E-state index < -0.39 is 0 Å². The van der Waals surface area contributed by atoms with Gasteiger partial charge in [-0.15, -0.1) is 9.24 Å². The number of hydrogen-bond acceptors (Lipinski definition) is 1. The van der Waals surface area contributed by atoms with Crippen LogP contribution < -0.4 is 10.0 Å².